The molecular formula is C57H49BN4. The van der Waals surface area contributed by atoms with Crippen LogP contribution in [0, 0.1) is 41.5 Å². The van der Waals surface area contributed by atoms with E-state index in [0.29, 0.717) is 17.6 Å². The number of aryl methyl sites for hydroxylation is 6. The lowest BCUT2D eigenvalue weighted by Gasteiger charge is -2.27. The topological polar surface area (TPSA) is 41.9 Å². The van der Waals surface area contributed by atoms with Crippen LogP contribution in [-0.4, -0.2) is 21.7 Å². The Labute approximate surface area is 366 Å². The summed E-state index contributed by atoms with van der Waals surface area (Å²) in [7, 11) is 0. The maximum atomic E-state index is 5.28. The second kappa shape index (κ2) is 17.3. The Kier molecular flexibility index (Phi) is 11.2. The Bertz CT molecular complexity index is 2880. The van der Waals surface area contributed by atoms with Crippen LogP contribution in [0.5, 0.6) is 0 Å². The molecule has 1 aromatic heterocycles. The summed E-state index contributed by atoms with van der Waals surface area (Å²) in [5.74, 6) is 1.75. The van der Waals surface area contributed by atoms with Crippen molar-refractivity contribution in [2.75, 3.05) is 4.90 Å². The Morgan fingerprint density at radius 1 is 0.339 bits per heavy atom. The van der Waals surface area contributed by atoms with Crippen LogP contribution in [0.4, 0.5) is 17.3 Å². The highest BCUT2D eigenvalue weighted by molar-refractivity contribution is 6.96. The van der Waals surface area contributed by atoms with Gasteiger partial charge in [-0.2, -0.15) is 9.97 Å². The van der Waals surface area contributed by atoms with Gasteiger partial charge in [0.15, 0.2) is 11.6 Å². The van der Waals surface area contributed by atoms with Gasteiger partial charge in [-0.1, -0.05) is 214 Å². The number of hydrogen-bond donors (Lipinski definition) is 0. The predicted molar refractivity (Wildman–Crippen MR) is 262 cm³/mol. The van der Waals surface area contributed by atoms with E-state index < -0.39 is 0 Å². The fourth-order valence-corrected chi connectivity index (χ4v) is 9.15. The molecule has 0 fully saturated rings. The molecule has 0 unspecified atom stereocenters. The lowest BCUT2D eigenvalue weighted by molar-refractivity contribution is 1.02. The summed E-state index contributed by atoms with van der Waals surface area (Å²) in [4.78, 5) is 17.8. The zero-order chi connectivity index (χ0) is 42.7. The van der Waals surface area contributed by atoms with E-state index in [2.05, 4.69) is 210 Å². The molecule has 0 amide bonds. The van der Waals surface area contributed by atoms with Gasteiger partial charge >= 0.3 is 0 Å². The van der Waals surface area contributed by atoms with E-state index in [1.807, 2.05) is 24.3 Å². The fourth-order valence-electron chi connectivity index (χ4n) is 9.15. The molecule has 1 heterocycles. The van der Waals surface area contributed by atoms with Gasteiger partial charge in [-0.25, -0.2) is 4.98 Å². The minimum Gasteiger partial charge on any atom is -0.279 e. The molecule has 0 aliphatic rings. The van der Waals surface area contributed by atoms with Gasteiger partial charge in [0, 0.05) is 22.5 Å². The van der Waals surface area contributed by atoms with Crippen molar-refractivity contribution in [3.8, 4) is 45.0 Å². The molecule has 300 valence electrons. The summed E-state index contributed by atoms with van der Waals surface area (Å²) in [6, 6.07) is 66.6. The smallest absolute Gasteiger partial charge is 0.242 e. The fraction of sp³-hybridized carbons (Fsp3) is 0.105. The molecule has 62 heavy (non-hydrogen) atoms. The number of benzene rings is 8. The molecule has 9 rings (SSSR count). The number of rotatable bonds is 10. The Morgan fingerprint density at radius 3 is 1.08 bits per heavy atom. The molecule has 0 atom stereocenters. The van der Waals surface area contributed by atoms with E-state index >= 15 is 0 Å². The number of nitrogens with zero attached hydrogens (tertiary/aromatic N) is 4. The number of anilines is 3. The van der Waals surface area contributed by atoms with Gasteiger partial charge in [0.25, 0.3) is 0 Å². The molecule has 0 bridgehead atoms. The first-order chi connectivity index (χ1) is 30.2. The van der Waals surface area contributed by atoms with Crippen LogP contribution in [0.3, 0.4) is 0 Å². The van der Waals surface area contributed by atoms with Gasteiger partial charge in [0.05, 0.1) is 0 Å². The predicted octanol–water partition coefficient (Wildman–Crippen LogP) is 12.4. The van der Waals surface area contributed by atoms with Crippen molar-refractivity contribution in [2.45, 2.75) is 41.5 Å². The summed E-state index contributed by atoms with van der Waals surface area (Å²) in [6.07, 6.45) is 0. The minimum absolute atomic E-state index is 0.0520. The van der Waals surface area contributed by atoms with Gasteiger partial charge in [-0.15, -0.1) is 0 Å². The van der Waals surface area contributed by atoms with Crippen molar-refractivity contribution in [1.29, 1.82) is 0 Å². The van der Waals surface area contributed by atoms with E-state index in [1.165, 1.54) is 49.8 Å². The molecule has 0 aliphatic heterocycles. The number of hydrogen-bond acceptors (Lipinski definition) is 4. The Hall–Kier alpha value is -7.37. The zero-order valence-corrected chi connectivity index (χ0v) is 36.3. The maximum Gasteiger partial charge on any atom is 0.242 e. The first kappa shape index (κ1) is 40.1. The first-order valence-electron chi connectivity index (χ1n) is 21.4. The second-order valence-electron chi connectivity index (χ2n) is 16.5. The van der Waals surface area contributed by atoms with Crippen molar-refractivity contribution in [2.24, 2.45) is 0 Å². The first-order valence-corrected chi connectivity index (χ1v) is 21.4. The summed E-state index contributed by atoms with van der Waals surface area (Å²) in [5, 5.41) is 0. The van der Waals surface area contributed by atoms with E-state index in [0.717, 1.165) is 44.8 Å². The zero-order valence-electron chi connectivity index (χ0n) is 36.3. The summed E-state index contributed by atoms with van der Waals surface area (Å²) in [5.41, 5.74) is 20.1. The standard InChI is InChI=1S/C57H49BN4/c1-38-34-40(3)53(41(4)35-38)58(54-42(5)36-39(2)37-43(54)6)50-28-32-52(33-29-50)62(51-30-26-47(27-31-51)45-18-12-8-13-19-45)57-60-55(48-20-14-9-15-21-48)59-56(61-57)49-24-22-46(23-25-49)44-16-10-7-11-17-44/h7-37H,1-6H3. The molecule has 5 heteroatoms. The molecule has 0 N–H and O–H groups in total. The highest BCUT2D eigenvalue weighted by Gasteiger charge is 2.29. The highest BCUT2D eigenvalue weighted by Crippen LogP contribution is 2.36. The monoisotopic (exact) mass is 800 g/mol. The molecule has 9 aromatic rings. The molecular weight excluding hydrogens is 751 g/mol. The third kappa shape index (κ3) is 8.22. The molecule has 4 nitrogen and oxygen atoms in total. The third-order valence-corrected chi connectivity index (χ3v) is 11.9. The van der Waals surface area contributed by atoms with Crippen LogP contribution >= 0.6 is 0 Å². The van der Waals surface area contributed by atoms with Gasteiger partial charge in [0.1, 0.15) is 0 Å². The van der Waals surface area contributed by atoms with E-state index in [9.17, 15) is 0 Å². The van der Waals surface area contributed by atoms with Crippen molar-refractivity contribution < 1.29 is 0 Å². The quantitative estimate of drug-likeness (QED) is 0.129. The average Bonchev–Trinajstić information content (AvgIpc) is 3.29. The Balaban J connectivity index is 1.21. The van der Waals surface area contributed by atoms with Crippen LogP contribution in [0.25, 0.3) is 45.0 Å². The summed E-state index contributed by atoms with van der Waals surface area (Å²) >= 11 is 0. The van der Waals surface area contributed by atoms with Crippen molar-refractivity contribution >= 4 is 40.4 Å². The molecule has 8 aromatic carbocycles. The summed E-state index contributed by atoms with van der Waals surface area (Å²) < 4.78 is 0. The van der Waals surface area contributed by atoms with Crippen molar-refractivity contribution in [3.63, 3.8) is 0 Å². The molecule has 0 radical (unpaired) electrons. The lowest BCUT2D eigenvalue weighted by atomic mass is 9.34. The second-order valence-corrected chi connectivity index (χ2v) is 16.5. The van der Waals surface area contributed by atoms with Crippen LogP contribution in [-0.2, 0) is 0 Å². The van der Waals surface area contributed by atoms with E-state index in [-0.39, 0.29) is 6.71 Å². The van der Waals surface area contributed by atoms with Gasteiger partial charge < -0.3 is 0 Å². The molecule has 0 aliphatic carbocycles. The number of aromatic nitrogens is 3. The molecule has 0 spiro atoms. The van der Waals surface area contributed by atoms with Crippen LogP contribution in [0.2, 0.25) is 0 Å². The minimum atomic E-state index is 0.0520. The highest BCUT2D eigenvalue weighted by atomic mass is 15.3. The van der Waals surface area contributed by atoms with Crippen LogP contribution in [0.1, 0.15) is 33.4 Å². The molecule has 0 saturated carbocycles. The van der Waals surface area contributed by atoms with E-state index in [4.69, 9.17) is 15.0 Å². The van der Waals surface area contributed by atoms with Gasteiger partial charge in [-0.05, 0) is 88.1 Å². The lowest BCUT2D eigenvalue weighted by Crippen LogP contribution is -2.55. The van der Waals surface area contributed by atoms with Crippen molar-refractivity contribution in [3.05, 3.63) is 221 Å². The van der Waals surface area contributed by atoms with Gasteiger partial charge in [0.2, 0.25) is 12.7 Å². The largest absolute Gasteiger partial charge is 0.279 e. The van der Waals surface area contributed by atoms with Crippen LogP contribution in [0.15, 0.2) is 188 Å². The average molecular weight is 801 g/mol. The molecule has 0 saturated heterocycles. The SMILES string of the molecule is Cc1cc(C)c(B(c2ccc(N(c3ccc(-c4ccccc4)cc3)c3nc(-c4ccccc4)nc(-c4ccc(-c5ccccc5)cc4)n3)cc2)c2c(C)cc(C)cc2C)c(C)c1. The third-order valence-electron chi connectivity index (χ3n) is 11.9. The maximum absolute atomic E-state index is 5.28. The Morgan fingerprint density at radius 2 is 0.661 bits per heavy atom. The normalized spacial score (nSPS) is 11.1. The summed E-state index contributed by atoms with van der Waals surface area (Å²) in [6.45, 7) is 13.5. The van der Waals surface area contributed by atoms with Crippen LogP contribution < -0.4 is 21.3 Å². The van der Waals surface area contributed by atoms with Gasteiger partial charge in [-0.3, -0.25) is 4.90 Å². The van der Waals surface area contributed by atoms with Crippen molar-refractivity contribution in [1.82, 2.24) is 15.0 Å². The van der Waals surface area contributed by atoms with E-state index in [1.54, 1.807) is 0 Å².